The van der Waals surface area contributed by atoms with Gasteiger partial charge in [0.25, 0.3) is 0 Å². The van der Waals surface area contributed by atoms with E-state index in [1.807, 2.05) is 6.07 Å². The van der Waals surface area contributed by atoms with E-state index in [-0.39, 0.29) is 11.4 Å². The largest absolute Gasteiger partial charge is 0.323 e. The lowest BCUT2D eigenvalue weighted by molar-refractivity contribution is 0.231. The monoisotopic (exact) mass is 245 g/mol. The van der Waals surface area contributed by atoms with Crippen LogP contribution in [0.2, 0.25) is 0 Å². The Morgan fingerprint density at radius 3 is 2.72 bits per heavy atom. The van der Waals surface area contributed by atoms with Crippen LogP contribution in [0, 0.1) is 5.82 Å². The summed E-state index contributed by atoms with van der Waals surface area (Å²) in [4.78, 5) is 4.63. The molecular formula is C14H16FN3. The van der Waals surface area contributed by atoms with E-state index in [1.165, 1.54) is 31.4 Å². The normalized spacial score (nSPS) is 22.1. The molecule has 94 valence electrons. The summed E-state index contributed by atoms with van der Waals surface area (Å²) >= 11 is 0. The molecule has 0 radical (unpaired) electrons. The maximum Gasteiger partial charge on any atom is 0.130 e. The molecule has 4 heteroatoms. The van der Waals surface area contributed by atoms with Crippen LogP contribution in [0.25, 0.3) is 11.0 Å². The Balaban J connectivity index is 1.97. The lowest BCUT2D eigenvalue weighted by atomic mass is 9.77. The smallest absolute Gasteiger partial charge is 0.130 e. The molecular weight excluding hydrogens is 229 g/mol. The van der Waals surface area contributed by atoms with E-state index >= 15 is 0 Å². The van der Waals surface area contributed by atoms with Gasteiger partial charge in [0, 0.05) is 12.1 Å². The van der Waals surface area contributed by atoms with Gasteiger partial charge in [0.15, 0.2) is 0 Å². The van der Waals surface area contributed by atoms with Gasteiger partial charge in [0.2, 0.25) is 0 Å². The number of rotatable bonds is 2. The van der Waals surface area contributed by atoms with E-state index in [0.29, 0.717) is 6.04 Å². The minimum atomic E-state index is -0.280. The van der Waals surface area contributed by atoms with E-state index < -0.39 is 0 Å². The molecule has 1 aromatic heterocycles. The van der Waals surface area contributed by atoms with Gasteiger partial charge in [0.1, 0.15) is 11.6 Å². The fourth-order valence-electron chi connectivity index (χ4n) is 2.91. The highest BCUT2D eigenvalue weighted by atomic mass is 19.1. The molecule has 0 aliphatic heterocycles. The Morgan fingerprint density at radius 2 is 2.11 bits per heavy atom. The van der Waals surface area contributed by atoms with Crippen molar-refractivity contribution in [3.8, 4) is 0 Å². The van der Waals surface area contributed by atoms with Crippen molar-refractivity contribution < 1.29 is 4.39 Å². The second-order valence-corrected chi connectivity index (χ2v) is 5.68. The van der Waals surface area contributed by atoms with Gasteiger partial charge < -0.3 is 10.3 Å². The summed E-state index contributed by atoms with van der Waals surface area (Å²) < 4.78 is 15.6. The molecule has 2 aliphatic carbocycles. The molecule has 1 heterocycles. The van der Waals surface area contributed by atoms with Gasteiger partial charge in [-0.05, 0) is 44.2 Å². The molecule has 4 rings (SSSR count). The molecule has 2 N–H and O–H groups in total. The third kappa shape index (κ3) is 1.35. The fraction of sp³-hybridized carbons (Fsp3) is 0.500. The van der Waals surface area contributed by atoms with Crippen LogP contribution in [0.3, 0.4) is 0 Å². The summed E-state index contributed by atoms with van der Waals surface area (Å²) in [5.74, 6) is 0.742. The second kappa shape index (κ2) is 3.32. The Bertz CT molecular complexity index is 623. The summed E-state index contributed by atoms with van der Waals surface area (Å²) in [7, 11) is 0. The quantitative estimate of drug-likeness (QED) is 0.884. The number of hydrogen-bond donors (Lipinski definition) is 1. The third-order valence-corrected chi connectivity index (χ3v) is 4.25. The van der Waals surface area contributed by atoms with Crippen molar-refractivity contribution in [1.29, 1.82) is 0 Å². The maximum atomic E-state index is 13.3. The SMILES string of the molecule is NC1(c2nc3cc(F)ccc3n2C2CC2)CCC1. The zero-order valence-corrected chi connectivity index (χ0v) is 10.2. The fourth-order valence-corrected chi connectivity index (χ4v) is 2.91. The molecule has 1 aromatic carbocycles. The first kappa shape index (κ1) is 10.5. The molecule has 0 spiro atoms. The number of hydrogen-bond acceptors (Lipinski definition) is 2. The van der Waals surface area contributed by atoms with Gasteiger partial charge in [-0.2, -0.15) is 0 Å². The van der Waals surface area contributed by atoms with E-state index in [9.17, 15) is 4.39 Å². The first-order valence-corrected chi connectivity index (χ1v) is 6.64. The lowest BCUT2D eigenvalue weighted by Crippen LogP contribution is -2.45. The summed E-state index contributed by atoms with van der Waals surface area (Å²) in [5, 5.41) is 0. The second-order valence-electron chi connectivity index (χ2n) is 5.68. The Labute approximate surface area is 105 Å². The van der Waals surface area contributed by atoms with Crippen LogP contribution in [0.5, 0.6) is 0 Å². The number of benzene rings is 1. The molecule has 2 aromatic rings. The number of aromatic nitrogens is 2. The summed E-state index contributed by atoms with van der Waals surface area (Å²) in [6.45, 7) is 0. The number of halogens is 1. The average Bonchev–Trinajstić information content (AvgIpc) is 3.07. The van der Waals surface area contributed by atoms with Crippen molar-refractivity contribution >= 4 is 11.0 Å². The van der Waals surface area contributed by atoms with Crippen LogP contribution in [-0.2, 0) is 5.54 Å². The Morgan fingerprint density at radius 1 is 1.33 bits per heavy atom. The molecule has 0 amide bonds. The molecule has 0 saturated heterocycles. The average molecular weight is 245 g/mol. The van der Waals surface area contributed by atoms with Crippen LogP contribution < -0.4 is 5.73 Å². The van der Waals surface area contributed by atoms with Crippen LogP contribution in [-0.4, -0.2) is 9.55 Å². The van der Waals surface area contributed by atoms with Gasteiger partial charge in [-0.3, -0.25) is 0 Å². The van der Waals surface area contributed by atoms with E-state index in [1.54, 1.807) is 0 Å². The number of nitrogens with two attached hydrogens (primary N) is 1. The molecule has 2 fully saturated rings. The molecule has 0 unspecified atom stereocenters. The highest BCUT2D eigenvalue weighted by Crippen LogP contribution is 2.45. The highest BCUT2D eigenvalue weighted by molar-refractivity contribution is 5.76. The van der Waals surface area contributed by atoms with E-state index in [2.05, 4.69) is 9.55 Å². The van der Waals surface area contributed by atoms with Crippen molar-refractivity contribution in [2.24, 2.45) is 5.73 Å². The third-order valence-electron chi connectivity index (χ3n) is 4.25. The maximum absolute atomic E-state index is 13.3. The van der Waals surface area contributed by atoms with E-state index in [4.69, 9.17) is 5.73 Å². The van der Waals surface area contributed by atoms with Gasteiger partial charge in [-0.25, -0.2) is 9.37 Å². The van der Waals surface area contributed by atoms with Crippen molar-refractivity contribution in [2.75, 3.05) is 0 Å². The molecule has 2 saturated carbocycles. The van der Waals surface area contributed by atoms with Crippen LogP contribution in [0.1, 0.15) is 44.0 Å². The Kier molecular flexibility index (Phi) is 1.94. The summed E-state index contributed by atoms with van der Waals surface area (Å²) in [6.07, 6.45) is 5.52. The number of nitrogens with zero attached hydrogens (tertiary/aromatic N) is 2. The molecule has 18 heavy (non-hydrogen) atoms. The van der Waals surface area contributed by atoms with Crippen molar-refractivity contribution in [1.82, 2.24) is 9.55 Å². The molecule has 3 nitrogen and oxygen atoms in total. The van der Waals surface area contributed by atoms with Crippen LogP contribution >= 0.6 is 0 Å². The van der Waals surface area contributed by atoms with Gasteiger partial charge in [0.05, 0.1) is 16.6 Å². The number of imidazole rings is 1. The van der Waals surface area contributed by atoms with Crippen molar-refractivity contribution in [3.05, 3.63) is 29.8 Å². The van der Waals surface area contributed by atoms with Crippen molar-refractivity contribution in [3.63, 3.8) is 0 Å². The van der Waals surface area contributed by atoms with Gasteiger partial charge in [-0.15, -0.1) is 0 Å². The lowest BCUT2D eigenvalue weighted by Gasteiger charge is -2.37. The zero-order valence-electron chi connectivity index (χ0n) is 10.2. The number of fused-ring (bicyclic) bond motifs is 1. The molecule has 0 atom stereocenters. The predicted octanol–water partition coefficient (Wildman–Crippen LogP) is 2.85. The Hall–Kier alpha value is -1.42. The van der Waals surface area contributed by atoms with Crippen molar-refractivity contribution in [2.45, 2.75) is 43.7 Å². The van der Waals surface area contributed by atoms with E-state index in [0.717, 1.165) is 29.7 Å². The predicted molar refractivity (Wildman–Crippen MR) is 67.7 cm³/mol. The summed E-state index contributed by atoms with van der Waals surface area (Å²) in [6, 6.07) is 5.38. The summed E-state index contributed by atoms with van der Waals surface area (Å²) in [5.41, 5.74) is 7.91. The first-order valence-electron chi connectivity index (χ1n) is 6.64. The van der Waals surface area contributed by atoms with Gasteiger partial charge >= 0.3 is 0 Å². The van der Waals surface area contributed by atoms with Gasteiger partial charge in [-0.1, -0.05) is 0 Å². The topological polar surface area (TPSA) is 43.8 Å². The highest BCUT2D eigenvalue weighted by Gasteiger charge is 2.41. The van der Waals surface area contributed by atoms with Crippen LogP contribution in [0.4, 0.5) is 4.39 Å². The minimum absolute atomic E-state index is 0.228. The minimum Gasteiger partial charge on any atom is -0.323 e. The first-order chi connectivity index (χ1) is 8.67. The molecule has 0 bridgehead atoms. The zero-order chi connectivity index (χ0) is 12.3. The molecule has 2 aliphatic rings. The standard InChI is InChI=1S/C14H16FN3/c15-9-2-5-12-11(8-9)17-13(14(16)6-1-7-14)18(12)10-3-4-10/h2,5,8,10H,1,3-4,6-7,16H2. The van der Waals surface area contributed by atoms with Crippen LogP contribution in [0.15, 0.2) is 18.2 Å².